The first-order chi connectivity index (χ1) is 29.8. The third kappa shape index (κ3) is 4.69. The molecule has 3 nitrogen and oxygen atoms in total. The van der Waals surface area contributed by atoms with Crippen molar-refractivity contribution in [2.24, 2.45) is 0 Å². The highest BCUT2D eigenvalue weighted by atomic mass is 16.3. The molecule has 0 saturated heterocycles. The predicted octanol–water partition coefficient (Wildman–Crippen LogP) is 16.4. The van der Waals surface area contributed by atoms with Gasteiger partial charge >= 0.3 is 0 Å². The van der Waals surface area contributed by atoms with Crippen molar-refractivity contribution in [3.05, 3.63) is 198 Å². The molecule has 2 aromatic heterocycles. The summed E-state index contributed by atoms with van der Waals surface area (Å²) in [4.78, 5) is 2.41. The van der Waals surface area contributed by atoms with Gasteiger partial charge < -0.3 is 13.7 Å². The number of furan rings is 2. The van der Waals surface area contributed by atoms with E-state index in [2.05, 4.69) is 202 Å². The SMILES string of the molecule is CC1(C)c2ccccc2-c2ccc(-c3c4oc5cc(N(c6ccc7c(c6)C(C)(C)c6ccccc6-7)c6cccc7ccccc67)ccc5c4cc4oc5ccccc5c34)cc21. The average molecular weight is 784 g/mol. The highest BCUT2D eigenvalue weighted by molar-refractivity contribution is 6.24. The standard InChI is InChI=1S/C58H41NO2/c1-57(2)46-20-10-7-17-39(46)41-27-24-35(30-48(41)57)54-55-44-19-9-12-23-51(44)60-53(55)33-45-43-29-26-37(32-52(43)61-56(45)54)59(50-22-13-15-34-14-5-6-16-38(34)50)36-25-28-42-40-18-8-11-21-47(40)58(3,4)49(42)31-36/h5-33H,1-4H3. The van der Waals surface area contributed by atoms with Crippen LogP contribution in [0.15, 0.2) is 185 Å². The molecule has 0 fully saturated rings. The minimum Gasteiger partial charge on any atom is -0.456 e. The Morgan fingerprint density at radius 2 is 1.00 bits per heavy atom. The van der Waals surface area contributed by atoms with Crippen LogP contribution in [0.4, 0.5) is 17.1 Å². The van der Waals surface area contributed by atoms with Crippen LogP contribution in [0, 0.1) is 0 Å². The molecule has 0 amide bonds. The molecule has 0 N–H and O–H groups in total. The molecule has 0 unspecified atom stereocenters. The summed E-state index contributed by atoms with van der Waals surface area (Å²) in [6.07, 6.45) is 0. The molecule has 0 saturated carbocycles. The summed E-state index contributed by atoms with van der Waals surface area (Å²) in [5.74, 6) is 0. The number of nitrogens with zero attached hydrogens (tertiary/aromatic N) is 1. The summed E-state index contributed by atoms with van der Waals surface area (Å²) < 4.78 is 13.9. The highest BCUT2D eigenvalue weighted by Gasteiger charge is 2.37. The summed E-state index contributed by atoms with van der Waals surface area (Å²) in [5, 5.41) is 6.65. The van der Waals surface area contributed by atoms with Crippen molar-refractivity contribution >= 4 is 71.7 Å². The van der Waals surface area contributed by atoms with Crippen molar-refractivity contribution in [3.8, 4) is 33.4 Å². The Hall–Kier alpha value is -7.36. The molecule has 290 valence electrons. The zero-order valence-corrected chi connectivity index (χ0v) is 34.5. The van der Waals surface area contributed by atoms with Gasteiger partial charge in [-0.3, -0.25) is 0 Å². The lowest BCUT2D eigenvalue weighted by Crippen LogP contribution is -2.16. The number of benzene rings is 9. The zero-order chi connectivity index (χ0) is 40.8. The van der Waals surface area contributed by atoms with Gasteiger partial charge in [-0.05, 0) is 104 Å². The van der Waals surface area contributed by atoms with Gasteiger partial charge in [0.15, 0.2) is 0 Å². The molecule has 2 heterocycles. The summed E-state index contributed by atoms with van der Waals surface area (Å²) in [5.41, 5.74) is 19.2. The summed E-state index contributed by atoms with van der Waals surface area (Å²) >= 11 is 0. The highest BCUT2D eigenvalue weighted by Crippen LogP contribution is 2.54. The minimum absolute atomic E-state index is 0.137. The van der Waals surface area contributed by atoms with Gasteiger partial charge in [-0.1, -0.05) is 149 Å². The van der Waals surface area contributed by atoms with E-state index in [9.17, 15) is 0 Å². The molecule has 2 aliphatic rings. The van der Waals surface area contributed by atoms with Gasteiger partial charge in [0.25, 0.3) is 0 Å². The second kappa shape index (κ2) is 12.1. The van der Waals surface area contributed by atoms with Crippen LogP contribution in [0.3, 0.4) is 0 Å². The number of para-hydroxylation sites is 1. The van der Waals surface area contributed by atoms with E-state index in [1.165, 1.54) is 55.3 Å². The van der Waals surface area contributed by atoms with E-state index in [0.29, 0.717) is 0 Å². The maximum absolute atomic E-state index is 7.23. The molecule has 0 atom stereocenters. The predicted molar refractivity (Wildman–Crippen MR) is 254 cm³/mol. The van der Waals surface area contributed by atoms with Crippen LogP contribution in [0.1, 0.15) is 49.9 Å². The molecule has 0 radical (unpaired) electrons. The lowest BCUT2D eigenvalue weighted by molar-refractivity contribution is 0.660. The molecule has 0 spiro atoms. The van der Waals surface area contributed by atoms with Crippen LogP contribution in [-0.2, 0) is 10.8 Å². The van der Waals surface area contributed by atoms with E-state index in [4.69, 9.17) is 8.83 Å². The average Bonchev–Trinajstić information content (AvgIpc) is 3.98. The van der Waals surface area contributed by atoms with E-state index in [1.807, 2.05) is 6.07 Å². The minimum atomic E-state index is -0.142. The van der Waals surface area contributed by atoms with E-state index in [0.717, 1.165) is 72.1 Å². The number of hydrogen-bond acceptors (Lipinski definition) is 3. The van der Waals surface area contributed by atoms with Crippen LogP contribution in [0.2, 0.25) is 0 Å². The molecular formula is C58H41NO2. The van der Waals surface area contributed by atoms with E-state index in [1.54, 1.807) is 0 Å². The Bertz CT molecular complexity index is 3660. The molecule has 0 aliphatic heterocycles. The molecule has 61 heavy (non-hydrogen) atoms. The second-order valence-electron chi connectivity index (χ2n) is 18.0. The normalized spacial score (nSPS) is 14.5. The van der Waals surface area contributed by atoms with Gasteiger partial charge in [0.2, 0.25) is 0 Å². The first kappa shape index (κ1) is 34.5. The maximum atomic E-state index is 7.23. The first-order valence-electron chi connectivity index (χ1n) is 21.3. The monoisotopic (exact) mass is 783 g/mol. The van der Waals surface area contributed by atoms with Crippen LogP contribution in [0.5, 0.6) is 0 Å². The third-order valence-electron chi connectivity index (χ3n) is 14.1. The van der Waals surface area contributed by atoms with Crippen molar-refractivity contribution in [2.45, 2.75) is 38.5 Å². The van der Waals surface area contributed by atoms with Crippen molar-refractivity contribution in [3.63, 3.8) is 0 Å². The maximum Gasteiger partial charge on any atom is 0.144 e. The molecule has 9 aromatic carbocycles. The topological polar surface area (TPSA) is 29.5 Å². The van der Waals surface area contributed by atoms with Gasteiger partial charge in [-0.25, -0.2) is 0 Å². The van der Waals surface area contributed by atoms with E-state index in [-0.39, 0.29) is 10.8 Å². The quantitative estimate of drug-likeness (QED) is 0.178. The fourth-order valence-corrected chi connectivity index (χ4v) is 11.0. The number of hydrogen-bond donors (Lipinski definition) is 0. The van der Waals surface area contributed by atoms with Crippen LogP contribution in [-0.4, -0.2) is 0 Å². The van der Waals surface area contributed by atoms with Crippen molar-refractivity contribution < 1.29 is 8.83 Å². The summed E-state index contributed by atoms with van der Waals surface area (Å²) in [6.45, 7) is 9.39. The van der Waals surface area contributed by atoms with Gasteiger partial charge in [0.1, 0.15) is 22.3 Å². The number of fused-ring (bicyclic) bond motifs is 13. The van der Waals surface area contributed by atoms with Crippen LogP contribution in [0.25, 0.3) is 88.0 Å². The van der Waals surface area contributed by atoms with Gasteiger partial charge in [-0.2, -0.15) is 0 Å². The number of rotatable bonds is 4. The largest absolute Gasteiger partial charge is 0.456 e. The van der Waals surface area contributed by atoms with Gasteiger partial charge in [-0.15, -0.1) is 0 Å². The van der Waals surface area contributed by atoms with Gasteiger partial charge in [0, 0.05) is 60.8 Å². The van der Waals surface area contributed by atoms with E-state index >= 15 is 0 Å². The third-order valence-corrected chi connectivity index (χ3v) is 14.1. The molecular weight excluding hydrogens is 743 g/mol. The molecule has 13 rings (SSSR count). The molecule has 3 heteroatoms. The summed E-state index contributed by atoms with van der Waals surface area (Å²) in [6, 6.07) is 64.3. The molecule has 0 bridgehead atoms. The Labute approximate surface area is 354 Å². The number of anilines is 3. The molecule has 2 aliphatic carbocycles. The van der Waals surface area contributed by atoms with Crippen molar-refractivity contribution in [2.75, 3.05) is 4.90 Å². The van der Waals surface area contributed by atoms with Crippen LogP contribution < -0.4 is 4.90 Å². The lowest BCUT2D eigenvalue weighted by Gasteiger charge is -2.29. The van der Waals surface area contributed by atoms with E-state index < -0.39 is 0 Å². The lowest BCUT2D eigenvalue weighted by atomic mass is 9.81. The smallest absolute Gasteiger partial charge is 0.144 e. The second-order valence-corrected chi connectivity index (χ2v) is 18.0. The Morgan fingerprint density at radius 3 is 1.79 bits per heavy atom. The summed E-state index contributed by atoms with van der Waals surface area (Å²) in [7, 11) is 0. The van der Waals surface area contributed by atoms with Crippen molar-refractivity contribution in [1.82, 2.24) is 0 Å². The zero-order valence-electron chi connectivity index (χ0n) is 34.5. The van der Waals surface area contributed by atoms with Gasteiger partial charge in [0.05, 0.1) is 5.69 Å². The first-order valence-corrected chi connectivity index (χ1v) is 21.3. The van der Waals surface area contributed by atoms with Crippen molar-refractivity contribution in [1.29, 1.82) is 0 Å². The Morgan fingerprint density at radius 1 is 0.393 bits per heavy atom. The Balaban J connectivity index is 1.05. The molecule has 11 aromatic rings. The van der Waals surface area contributed by atoms with Crippen LogP contribution >= 0.6 is 0 Å². The fourth-order valence-electron chi connectivity index (χ4n) is 11.0. The Kier molecular flexibility index (Phi) is 6.85. The fraction of sp³-hybridized carbons (Fsp3) is 0.103.